The molecule has 15 heavy (non-hydrogen) atoms. The van der Waals surface area contributed by atoms with E-state index in [0.717, 1.165) is 11.0 Å². The second kappa shape index (κ2) is 6.12. The molecule has 0 radical (unpaired) electrons. The number of aromatic nitrogens is 2. The zero-order valence-corrected chi connectivity index (χ0v) is 9.70. The molecule has 0 saturated carbocycles. The van der Waals surface area contributed by atoms with Gasteiger partial charge in [-0.25, -0.2) is 0 Å². The predicted octanol–water partition coefficient (Wildman–Crippen LogP) is 3.74. The smallest absolute Gasteiger partial charge is 0.0889 e. The Hall–Kier alpha value is -1.44. The average molecular weight is 202 g/mol. The van der Waals surface area contributed by atoms with Gasteiger partial charge in [0, 0.05) is 12.4 Å². The molecule has 0 spiro atoms. The number of hydrogen-bond donors (Lipinski definition) is 0. The number of rotatable bonds is 1. The molecule has 0 atom stereocenters. The molecule has 1 heterocycles. The van der Waals surface area contributed by atoms with Crippen LogP contribution in [0, 0.1) is 6.92 Å². The van der Waals surface area contributed by atoms with Crippen LogP contribution in [0.5, 0.6) is 0 Å². The van der Waals surface area contributed by atoms with Gasteiger partial charge in [-0.1, -0.05) is 32.8 Å². The minimum absolute atomic E-state index is 0.957. The van der Waals surface area contributed by atoms with Crippen molar-refractivity contribution in [2.24, 2.45) is 0 Å². The zero-order chi connectivity index (χ0) is 11.1. The van der Waals surface area contributed by atoms with E-state index >= 15 is 0 Å². The Balaban J connectivity index is 0.000000245. The van der Waals surface area contributed by atoms with Gasteiger partial charge in [0.25, 0.3) is 0 Å². The predicted molar refractivity (Wildman–Crippen MR) is 64.9 cm³/mol. The lowest BCUT2D eigenvalue weighted by Crippen LogP contribution is -1.81. The topological polar surface area (TPSA) is 25.8 Å². The number of fused-ring (bicyclic) bond motifs is 1. The fraction of sp³-hybridized carbons (Fsp3) is 0.385. The van der Waals surface area contributed by atoms with Crippen molar-refractivity contribution in [3.8, 4) is 0 Å². The molecule has 2 nitrogen and oxygen atoms in total. The van der Waals surface area contributed by atoms with Gasteiger partial charge < -0.3 is 0 Å². The van der Waals surface area contributed by atoms with Crippen LogP contribution >= 0.6 is 0 Å². The summed E-state index contributed by atoms with van der Waals surface area (Å²) in [7, 11) is 0. The standard InChI is InChI=1S/C9H8N2.C4H10/c1-7-2-3-8-9(6-7)11-5-4-10-8;1-3-4-2/h2-6H,1H3;3-4H2,1-2H3. The first kappa shape index (κ1) is 11.6. The van der Waals surface area contributed by atoms with Gasteiger partial charge in [0.2, 0.25) is 0 Å². The van der Waals surface area contributed by atoms with Crippen LogP contribution in [0.2, 0.25) is 0 Å². The van der Waals surface area contributed by atoms with Gasteiger partial charge in [-0.3, -0.25) is 9.97 Å². The van der Waals surface area contributed by atoms with E-state index in [9.17, 15) is 0 Å². The molecular weight excluding hydrogens is 184 g/mol. The van der Waals surface area contributed by atoms with Crippen molar-refractivity contribution < 1.29 is 0 Å². The van der Waals surface area contributed by atoms with Gasteiger partial charge in [0.1, 0.15) is 0 Å². The SMILES string of the molecule is CCCC.Cc1ccc2nccnc2c1. The highest BCUT2D eigenvalue weighted by molar-refractivity contribution is 5.74. The fourth-order valence-corrected chi connectivity index (χ4v) is 1.07. The molecule has 0 amide bonds. The van der Waals surface area contributed by atoms with Crippen molar-refractivity contribution in [1.29, 1.82) is 0 Å². The van der Waals surface area contributed by atoms with Crippen LogP contribution in [0.3, 0.4) is 0 Å². The second-order valence-electron chi connectivity index (χ2n) is 3.55. The average Bonchev–Trinajstić information content (AvgIpc) is 2.29. The monoisotopic (exact) mass is 202 g/mol. The molecule has 80 valence electrons. The molecule has 1 aromatic carbocycles. The highest BCUT2D eigenvalue weighted by Crippen LogP contribution is 2.08. The Morgan fingerprint density at radius 1 is 0.933 bits per heavy atom. The highest BCUT2D eigenvalue weighted by Gasteiger charge is 1.92. The van der Waals surface area contributed by atoms with E-state index in [1.165, 1.54) is 18.4 Å². The number of hydrogen-bond acceptors (Lipinski definition) is 2. The van der Waals surface area contributed by atoms with Gasteiger partial charge in [-0.2, -0.15) is 0 Å². The molecule has 2 heteroatoms. The van der Waals surface area contributed by atoms with Crippen molar-refractivity contribution >= 4 is 11.0 Å². The first-order valence-corrected chi connectivity index (χ1v) is 5.45. The fourth-order valence-electron chi connectivity index (χ4n) is 1.07. The summed E-state index contributed by atoms with van der Waals surface area (Å²) < 4.78 is 0. The second-order valence-corrected chi connectivity index (χ2v) is 3.55. The molecule has 0 aliphatic carbocycles. The number of aryl methyl sites for hydroxylation is 1. The molecule has 1 aromatic heterocycles. The lowest BCUT2D eigenvalue weighted by molar-refractivity contribution is 0.886. The third-order valence-electron chi connectivity index (χ3n) is 2.12. The summed E-state index contributed by atoms with van der Waals surface area (Å²) in [5, 5.41) is 0. The van der Waals surface area contributed by atoms with Crippen molar-refractivity contribution in [2.45, 2.75) is 33.6 Å². The molecule has 0 fully saturated rings. The molecular formula is C13H18N2. The van der Waals surface area contributed by atoms with Gasteiger partial charge in [-0.05, 0) is 24.6 Å². The quantitative estimate of drug-likeness (QED) is 0.704. The Morgan fingerprint density at radius 2 is 1.53 bits per heavy atom. The van der Waals surface area contributed by atoms with Crippen LogP contribution in [0.25, 0.3) is 11.0 Å². The Kier molecular flexibility index (Phi) is 4.75. The third-order valence-corrected chi connectivity index (χ3v) is 2.12. The Labute approximate surface area is 91.4 Å². The summed E-state index contributed by atoms with van der Waals surface area (Å²) in [4.78, 5) is 8.34. The van der Waals surface area contributed by atoms with E-state index in [0.29, 0.717) is 0 Å². The van der Waals surface area contributed by atoms with Crippen molar-refractivity contribution in [2.75, 3.05) is 0 Å². The lowest BCUT2D eigenvalue weighted by atomic mass is 10.2. The summed E-state index contributed by atoms with van der Waals surface area (Å²) in [6, 6.07) is 6.05. The van der Waals surface area contributed by atoms with Crippen LogP contribution in [-0.2, 0) is 0 Å². The van der Waals surface area contributed by atoms with Crippen molar-refractivity contribution in [3.05, 3.63) is 36.2 Å². The first-order valence-electron chi connectivity index (χ1n) is 5.45. The normalized spacial score (nSPS) is 9.53. The van der Waals surface area contributed by atoms with E-state index in [2.05, 4.69) is 23.8 Å². The maximum absolute atomic E-state index is 4.18. The molecule has 0 unspecified atom stereocenters. The van der Waals surface area contributed by atoms with Crippen LogP contribution < -0.4 is 0 Å². The minimum Gasteiger partial charge on any atom is -0.253 e. The molecule has 0 saturated heterocycles. The van der Waals surface area contributed by atoms with Crippen LogP contribution in [0.4, 0.5) is 0 Å². The van der Waals surface area contributed by atoms with E-state index in [1.807, 2.05) is 25.1 Å². The first-order chi connectivity index (χ1) is 7.27. The minimum atomic E-state index is 0.957. The molecule has 0 bridgehead atoms. The van der Waals surface area contributed by atoms with Gasteiger partial charge in [0.15, 0.2) is 0 Å². The van der Waals surface area contributed by atoms with Crippen LogP contribution in [0.15, 0.2) is 30.6 Å². The molecule has 0 aliphatic heterocycles. The summed E-state index contributed by atoms with van der Waals surface area (Å²) >= 11 is 0. The highest BCUT2D eigenvalue weighted by atomic mass is 14.8. The number of unbranched alkanes of at least 4 members (excludes halogenated alkanes) is 1. The van der Waals surface area contributed by atoms with Crippen molar-refractivity contribution in [1.82, 2.24) is 9.97 Å². The largest absolute Gasteiger partial charge is 0.253 e. The van der Waals surface area contributed by atoms with Gasteiger partial charge in [0.05, 0.1) is 11.0 Å². The summed E-state index contributed by atoms with van der Waals surface area (Å²) in [6.45, 7) is 6.41. The van der Waals surface area contributed by atoms with E-state index in [-0.39, 0.29) is 0 Å². The Bertz CT molecular complexity index is 408. The zero-order valence-electron chi connectivity index (χ0n) is 9.70. The lowest BCUT2D eigenvalue weighted by Gasteiger charge is -1.95. The van der Waals surface area contributed by atoms with E-state index < -0.39 is 0 Å². The van der Waals surface area contributed by atoms with Crippen LogP contribution in [0.1, 0.15) is 32.3 Å². The number of nitrogens with zero attached hydrogens (tertiary/aromatic N) is 2. The summed E-state index contributed by atoms with van der Waals surface area (Å²) in [6.07, 6.45) is 6.06. The third kappa shape index (κ3) is 3.66. The summed E-state index contributed by atoms with van der Waals surface area (Å²) in [5.41, 5.74) is 3.14. The molecule has 2 rings (SSSR count). The molecule has 0 N–H and O–H groups in total. The number of benzene rings is 1. The molecule has 0 aliphatic rings. The van der Waals surface area contributed by atoms with Crippen LogP contribution in [-0.4, -0.2) is 9.97 Å². The van der Waals surface area contributed by atoms with Crippen molar-refractivity contribution in [3.63, 3.8) is 0 Å². The maximum Gasteiger partial charge on any atom is 0.0889 e. The van der Waals surface area contributed by atoms with Gasteiger partial charge in [-0.15, -0.1) is 0 Å². The maximum atomic E-state index is 4.18. The summed E-state index contributed by atoms with van der Waals surface area (Å²) in [5.74, 6) is 0. The van der Waals surface area contributed by atoms with E-state index in [1.54, 1.807) is 12.4 Å². The molecule has 2 aromatic rings. The Morgan fingerprint density at radius 3 is 2.13 bits per heavy atom. The van der Waals surface area contributed by atoms with Gasteiger partial charge >= 0.3 is 0 Å². The van der Waals surface area contributed by atoms with E-state index in [4.69, 9.17) is 0 Å².